The molecular weight excluding hydrogens is 568 g/mol. The second kappa shape index (κ2) is 17.8. The normalized spacial score (nSPS) is 10.7. The van der Waals surface area contributed by atoms with Gasteiger partial charge in [-0.15, -0.1) is 0 Å². The Hall–Kier alpha value is -4.36. The zero-order chi connectivity index (χ0) is 32.8. The van der Waals surface area contributed by atoms with Gasteiger partial charge in [-0.2, -0.15) is 0 Å². The van der Waals surface area contributed by atoms with E-state index in [4.69, 9.17) is 24.1 Å². The molecule has 0 radical (unpaired) electrons. The van der Waals surface area contributed by atoms with E-state index in [1.54, 1.807) is 13.8 Å². The average molecular weight is 615 g/mol. The van der Waals surface area contributed by atoms with Gasteiger partial charge in [-0.25, -0.2) is 9.59 Å². The molecule has 0 atom stereocenters. The van der Waals surface area contributed by atoms with Crippen molar-refractivity contribution in [2.24, 2.45) is 0 Å². The number of hydrogen-bond donors (Lipinski definition) is 1. The van der Waals surface area contributed by atoms with Crippen LogP contribution in [0.15, 0.2) is 78.9 Å². The van der Waals surface area contributed by atoms with Gasteiger partial charge in [0.2, 0.25) is 0 Å². The fraction of sp³-hybridized carbons (Fsp3) is 0.368. The Morgan fingerprint density at radius 1 is 0.711 bits per heavy atom. The van der Waals surface area contributed by atoms with Crippen molar-refractivity contribution >= 4 is 11.9 Å². The van der Waals surface area contributed by atoms with Crippen LogP contribution in [0.3, 0.4) is 0 Å². The highest BCUT2D eigenvalue weighted by Gasteiger charge is 2.17. The van der Waals surface area contributed by atoms with E-state index in [0.29, 0.717) is 22.6 Å². The Morgan fingerprint density at radius 3 is 2.04 bits per heavy atom. The summed E-state index contributed by atoms with van der Waals surface area (Å²) in [5.41, 5.74) is 7.78. The Bertz CT molecular complexity index is 1470. The van der Waals surface area contributed by atoms with Gasteiger partial charge >= 0.3 is 11.9 Å². The van der Waals surface area contributed by atoms with Crippen LogP contribution in [0.1, 0.15) is 63.6 Å². The number of aryl methyl sites for hydroxylation is 2. The van der Waals surface area contributed by atoms with E-state index < -0.39 is 11.9 Å². The third-order valence-electron chi connectivity index (χ3n) is 7.30. The minimum absolute atomic E-state index is 0.0354. The molecule has 0 aliphatic rings. The maximum absolute atomic E-state index is 12.3. The van der Waals surface area contributed by atoms with Crippen molar-refractivity contribution in [3.63, 3.8) is 0 Å². The molecule has 0 saturated heterocycles. The minimum Gasteiger partial charge on any atom is -0.491 e. The Balaban J connectivity index is 2.03. The summed E-state index contributed by atoms with van der Waals surface area (Å²) < 4.78 is 22.7. The van der Waals surface area contributed by atoms with Crippen molar-refractivity contribution in [1.29, 1.82) is 0 Å². The number of benzene rings is 3. The van der Waals surface area contributed by atoms with Crippen LogP contribution in [0.2, 0.25) is 0 Å². The molecule has 0 saturated carbocycles. The molecule has 7 nitrogen and oxygen atoms in total. The molecule has 7 heteroatoms. The van der Waals surface area contributed by atoms with Gasteiger partial charge in [-0.3, -0.25) is 0 Å². The summed E-state index contributed by atoms with van der Waals surface area (Å²) in [4.78, 5) is 24.2. The number of aliphatic hydroxyl groups is 1. The number of rotatable bonds is 18. The van der Waals surface area contributed by atoms with Gasteiger partial charge in [-0.1, -0.05) is 70.2 Å². The van der Waals surface area contributed by atoms with Crippen LogP contribution < -0.4 is 9.47 Å². The van der Waals surface area contributed by atoms with E-state index in [1.165, 1.54) is 0 Å². The van der Waals surface area contributed by atoms with Crippen molar-refractivity contribution in [2.45, 2.75) is 66.4 Å². The molecule has 0 fully saturated rings. The van der Waals surface area contributed by atoms with Gasteiger partial charge < -0.3 is 24.1 Å². The third-order valence-corrected chi connectivity index (χ3v) is 7.30. The predicted octanol–water partition coefficient (Wildman–Crippen LogP) is 7.80. The number of esters is 2. The summed E-state index contributed by atoms with van der Waals surface area (Å²) in [6.07, 6.45) is 4.77. The van der Waals surface area contributed by atoms with Crippen molar-refractivity contribution in [3.8, 4) is 33.8 Å². The number of aliphatic hydroxyl groups excluding tert-OH is 1. The van der Waals surface area contributed by atoms with E-state index in [1.807, 2.05) is 36.4 Å². The summed E-state index contributed by atoms with van der Waals surface area (Å²) in [5.74, 6) is 0.492. The van der Waals surface area contributed by atoms with Crippen molar-refractivity contribution < 1.29 is 33.6 Å². The van der Waals surface area contributed by atoms with Crippen molar-refractivity contribution in [2.75, 3.05) is 26.4 Å². The second-order valence-electron chi connectivity index (χ2n) is 11.0. The largest absolute Gasteiger partial charge is 0.491 e. The molecule has 0 aliphatic heterocycles. The number of carbonyl (C=O) groups excluding carboxylic acids is 2. The first-order chi connectivity index (χ1) is 21.7. The average Bonchev–Trinajstić information content (AvgIpc) is 3.04. The Labute approximate surface area is 267 Å². The molecule has 0 unspecified atom stereocenters. The molecule has 3 aromatic carbocycles. The zero-order valence-corrected chi connectivity index (χ0v) is 27.1. The van der Waals surface area contributed by atoms with Crippen LogP contribution in [0.5, 0.6) is 11.5 Å². The maximum atomic E-state index is 12.3. The molecule has 1 N–H and O–H groups in total. The molecule has 3 aromatic rings. The number of unbranched alkanes of at least 4 members (excludes halogenated alkanes) is 2. The fourth-order valence-electron chi connectivity index (χ4n) is 4.85. The van der Waals surface area contributed by atoms with Crippen LogP contribution in [0.4, 0.5) is 0 Å². The predicted molar refractivity (Wildman–Crippen MR) is 178 cm³/mol. The first-order valence-corrected chi connectivity index (χ1v) is 15.6. The Kier molecular flexibility index (Phi) is 13.9. The van der Waals surface area contributed by atoms with E-state index in [9.17, 15) is 9.59 Å². The lowest BCUT2D eigenvalue weighted by Crippen LogP contribution is -2.13. The van der Waals surface area contributed by atoms with Crippen LogP contribution >= 0.6 is 0 Å². The quantitative estimate of drug-likeness (QED) is 0.0888. The topological polar surface area (TPSA) is 91.3 Å². The van der Waals surface area contributed by atoms with Crippen LogP contribution in [0, 0.1) is 0 Å². The van der Waals surface area contributed by atoms with E-state index in [2.05, 4.69) is 45.2 Å². The first-order valence-electron chi connectivity index (χ1n) is 15.6. The van der Waals surface area contributed by atoms with Gasteiger partial charge in [0.15, 0.2) is 0 Å². The first kappa shape index (κ1) is 35.1. The number of hydrogen-bond acceptors (Lipinski definition) is 7. The standard InChI is InChI=1S/C38H46O7/c1-7-9-10-11-30-24-36(43-20-21-44-37(40)26(3)4)35(23-32(30)25-45-38(41)27(5)6)31-14-17-34(28(8-2)22-31)29-12-15-33(16-13-29)42-19-18-39/h12-17,22-24,39H,3,5,7-11,18-21,25H2,1-2,4,6H3. The molecule has 0 aromatic heterocycles. The summed E-state index contributed by atoms with van der Waals surface area (Å²) in [5, 5.41) is 9.04. The van der Waals surface area contributed by atoms with Gasteiger partial charge in [0.1, 0.15) is 37.9 Å². The highest BCUT2D eigenvalue weighted by atomic mass is 16.6. The van der Waals surface area contributed by atoms with Crippen molar-refractivity contribution in [1.82, 2.24) is 0 Å². The van der Waals surface area contributed by atoms with Crippen LogP contribution in [-0.2, 0) is 38.5 Å². The highest BCUT2D eigenvalue weighted by Crippen LogP contribution is 2.37. The molecule has 0 aliphatic carbocycles. The summed E-state index contributed by atoms with van der Waals surface area (Å²) in [7, 11) is 0. The molecule has 45 heavy (non-hydrogen) atoms. The highest BCUT2D eigenvalue weighted by molar-refractivity contribution is 5.87. The summed E-state index contributed by atoms with van der Waals surface area (Å²) in [6, 6.07) is 18.2. The summed E-state index contributed by atoms with van der Waals surface area (Å²) in [6.45, 7) is 15.5. The lowest BCUT2D eigenvalue weighted by atomic mass is 9.91. The van der Waals surface area contributed by atoms with E-state index in [-0.39, 0.29) is 33.0 Å². The third kappa shape index (κ3) is 10.4. The molecule has 0 spiro atoms. The molecule has 3 rings (SSSR count). The molecule has 0 bridgehead atoms. The Morgan fingerprint density at radius 2 is 1.40 bits per heavy atom. The lowest BCUT2D eigenvalue weighted by molar-refractivity contribution is -0.140. The fourth-order valence-corrected chi connectivity index (χ4v) is 4.85. The van der Waals surface area contributed by atoms with E-state index >= 15 is 0 Å². The van der Waals surface area contributed by atoms with Crippen LogP contribution in [-0.4, -0.2) is 43.5 Å². The number of ether oxygens (including phenoxy) is 4. The monoisotopic (exact) mass is 614 g/mol. The smallest absolute Gasteiger partial charge is 0.333 e. The molecular formula is C38H46O7. The van der Waals surface area contributed by atoms with Gasteiger partial charge in [-0.05, 0) is 90.8 Å². The zero-order valence-electron chi connectivity index (χ0n) is 27.1. The van der Waals surface area contributed by atoms with Crippen molar-refractivity contribution in [3.05, 3.63) is 95.6 Å². The molecule has 0 heterocycles. The maximum Gasteiger partial charge on any atom is 0.333 e. The SMILES string of the molecule is C=C(C)C(=O)OCCOc1cc(CCCCC)c(COC(=O)C(=C)C)cc1-c1ccc(-c2ccc(OCCO)cc2)c(CC)c1. The van der Waals surface area contributed by atoms with Crippen LogP contribution in [0.25, 0.3) is 22.3 Å². The lowest BCUT2D eigenvalue weighted by Gasteiger charge is -2.19. The molecule has 240 valence electrons. The van der Waals surface area contributed by atoms with Gasteiger partial charge in [0.05, 0.1) is 6.61 Å². The van der Waals surface area contributed by atoms with Gasteiger partial charge in [0, 0.05) is 16.7 Å². The van der Waals surface area contributed by atoms with E-state index in [0.717, 1.165) is 71.0 Å². The summed E-state index contributed by atoms with van der Waals surface area (Å²) >= 11 is 0. The minimum atomic E-state index is -0.454. The van der Waals surface area contributed by atoms with Gasteiger partial charge in [0.25, 0.3) is 0 Å². The molecule has 0 amide bonds. The second-order valence-corrected chi connectivity index (χ2v) is 11.0. The number of carbonyl (C=O) groups is 2.